The number of aryl methyl sites for hydroxylation is 1. The van der Waals surface area contributed by atoms with Gasteiger partial charge in [0.25, 0.3) is 0 Å². The Balaban J connectivity index is 1.84. The molecule has 0 saturated carbocycles. The van der Waals surface area contributed by atoms with Crippen molar-refractivity contribution < 1.29 is 13.2 Å². The Labute approximate surface area is 130 Å². The average Bonchev–Trinajstić information content (AvgIpc) is 2.51. The van der Waals surface area contributed by atoms with Gasteiger partial charge in [0.15, 0.2) is 5.78 Å². The lowest BCUT2D eigenvalue weighted by molar-refractivity contribution is -0.130. The van der Waals surface area contributed by atoms with Crippen LogP contribution in [0, 0.1) is 6.92 Å². The van der Waals surface area contributed by atoms with E-state index in [0.717, 1.165) is 11.1 Å². The third-order valence-electron chi connectivity index (χ3n) is 3.93. The van der Waals surface area contributed by atoms with Crippen LogP contribution in [0.2, 0.25) is 0 Å². The van der Waals surface area contributed by atoms with E-state index in [-0.39, 0.29) is 17.2 Å². The maximum absolute atomic E-state index is 12.6. The summed E-state index contributed by atoms with van der Waals surface area (Å²) in [5.41, 5.74) is 1.96. The number of ketones is 1. The van der Waals surface area contributed by atoms with Crippen LogP contribution in [0.5, 0.6) is 0 Å². The van der Waals surface area contributed by atoms with Crippen molar-refractivity contribution in [2.24, 2.45) is 0 Å². The number of rotatable bonds is 4. The van der Waals surface area contributed by atoms with Crippen LogP contribution in [-0.2, 0) is 21.2 Å². The first-order valence-electron chi connectivity index (χ1n) is 7.13. The summed E-state index contributed by atoms with van der Waals surface area (Å²) in [7, 11) is -3.61. The predicted octanol–water partition coefficient (Wildman–Crippen LogP) is 2.18. The SMILES string of the molecule is Cc1ccc(S(=O)(=O)N2CC(=O)[C@@H]2Cc2ccccc2)cc1. The molecule has 1 heterocycles. The molecule has 2 aromatic rings. The number of carbonyl (C=O) groups excluding carboxylic acids is 1. The molecule has 0 amide bonds. The van der Waals surface area contributed by atoms with Gasteiger partial charge in [-0.05, 0) is 31.0 Å². The van der Waals surface area contributed by atoms with Crippen LogP contribution >= 0.6 is 0 Å². The Bertz CT molecular complexity index is 782. The highest BCUT2D eigenvalue weighted by molar-refractivity contribution is 7.89. The number of Topliss-reactive ketones (excluding diaryl/α,β-unsaturated/α-hetero) is 1. The third kappa shape index (κ3) is 2.69. The molecule has 1 aliphatic rings. The molecule has 0 radical (unpaired) electrons. The van der Waals surface area contributed by atoms with Gasteiger partial charge in [0.2, 0.25) is 10.0 Å². The van der Waals surface area contributed by atoms with E-state index in [4.69, 9.17) is 0 Å². The highest BCUT2D eigenvalue weighted by Crippen LogP contribution is 2.27. The smallest absolute Gasteiger partial charge is 0.244 e. The molecule has 1 atom stereocenters. The number of carbonyl (C=O) groups is 1. The molecule has 0 unspecified atom stereocenters. The Morgan fingerprint density at radius 3 is 2.27 bits per heavy atom. The first kappa shape index (κ1) is 14.9. The summed E-state index contributed by atoms with van der Waals surface area (Å²) in [6.07, 6.45) is 0.421. The molecule has 3 rings (SSSR count). The zero-order valence-electron chi connectivity index (χ0n) is 12.3. The Hall–Kier alpha value is -1.98. The largest absolute Gasteiger partial charge is 0.296 e. The van der Waals surface area contributed by atoms with Crippen LogP contribution in [0.25, 0.3) is 0 Å². The van der Waals surface area contributed by atoms with E-state index >= 15 is 0 Å². The molecule has 0 bridgehead atoms. The highest BCUT2D eigenvalue weighted by Gasteiger charge is 2.45. The lowest BCUT2D eigenvalue weighted by Crippen LogP contribution is -2.60. The summed E-state index contributed by atoms with van der Waals surface area (Å²) in [6, 6.07) is 15.6. The van der Waals surface area contributed by atoms with Crippen molar-refractivity contribution in [2.75, 3.05) is 6.54 Å². The minimum Gasteiger partial charge on any atom is -0.296 e. The molecule has 2 aromatic carbocycles. The van der Waals surface area contributed by atoms with Crippen molar-refractivity contribution >= 4 is 15.8 Å². The lowest BCUT2D eigenvalue weighted by atomic mass is 9.97. The second-order valence-corrected chi connectivity index (χ2v) is 7.43. The predicted molar refractivity (Wildman–Crippen MR) is 84.0 cm³/mol. The molecule has 0 aromatic heterocycles. The van der Waals surface area contributed by atoms with Crippen molar-refractivity contribution in [1.82, 2.24) is 4.31 Å². The van der Waals surface area contributed by atoms with Crippen LogP contribution in [-0.4, -0.2) is 31.1 Å². The summed E-state index contributed by atoms with van der Waals surface area (Å²) >= 11 is 0. The van der Waals surface area contributed by atoms with E-state index in [2.05, 4.69) is 0 Å². The minimum atomic E-state index is -3.61. The number of nitrogens with zero attached hydrogens (tertiary/aromatic N) is 1. The topological polar surface area (TPSA) is 54.5 Å². The van der Waals surface area contributed by atoms with Crippen LogP contribution in [0.4, 0.5) is 0 Å². The molecule has 1 fully saturated rings. The number of sulfonamides is 1. The zero-order valence-corrected chi connectivity index (χ0v) is 13.1. The standard InChI is InChI=1S/C17H17NO3S/c1-13-7-9-15(10-8-13)22(20,21)18-12-17(19)16(18)11-14-5-3-2-4-6-14/h2-10,16H,11-12H2,1H3/t16-/m0/s1. The van der Waals surface area contributed by atoms with E-state index in [1.165, 1.54) is 4.31 Å². The van der Waals surface area contributed by atoms with Crippen LogP contribution in [0.15, 0.2) is 59.5 Å². The van der Waals surface area contributed by atoms with Crippen LogP contribution in [0.1, 0.15) is 11.1 Å². The van der Waals surface area contributed by atoms with Gasteiger partial charge >= 0.3 is 0 Å². The van der Waals surface area contributed by atoms with Gasteiger partial charge in [0.05, 0.1) is 17.5 Å². The molecular formula is C17H17NO3S. The van der Waals surface area contributed by atoms with Gasteiger partial charge in [-0.3, -0.25) is 4.79 Å². The van der Waals surface area contributed by atoms with E-state index < -0.39 is 16.1 Å². The fraction of sp³-hybridized carbons (Fsp3) is 0.235. The molecule has 1 aliphatic heterocycles. The third-order valence-corrected chi connectivity index (χ3v) is 5.80. The summed E-state index contributed by atoms with van der Waals surface area (Å²) in [5, 5.41) is 0. The van der Waals surface area contributed by atoms with Crippen molar-refractivity contribution in [3.8, 4) is 0 Å². The summed E-state index contributed by atoms with van der Waals surface area (Å²) in [6.45, 7) is 1.87. The Morgan fingerprint density at radius 2 is 1.68 bits per heavy atom. The molecule has 0 spiro atoms. The van der Waals surface area contributed by atoms with Gasteiger partial charge in [-0.2, -0.15) is 4.31 Å². The van der Waals surface area contributed by atoms with Gasteiger partial charge in [-0.15, -0.1) is 0 Å². The molecule has 4 nitrogen and oxygen atoms in total. The van der Waals surface area contributed by atoms with E-state index in [1.807, 2.05) is 37.3 Å². The fourth-order valence-electron chi connectivity index (χ4n) is 2.57. The molecule has 114 valence electrons. The summed E-state index contributed by atoms with van der Waals surface area (Å²) in [5.74, 6) is -0.0282. The quantitative estimate of drug-likeness (QED) is 0.869. The molecule has 1 saturated heterocycles. The first-order valence-corrected chi connectivity index (χ1v) is 8.57. The van der Waals surface area contributed by atoms with Crippen molar-refractivity contribution in [2.45, 2.75) is 24.3 Å². The van der Waals surface area contributed by atoms with Gasteiger partial charge in [-0.25, -0.2) is 8.42 Å². The van der Waals surface area contributed by atoms with Crippen molar-refractivity contribution in [1.29, 1.82) is 0 Å². The number of benzene rings is 2. The maximum Gasteiger partial charge on any atom is 0.244 e. The average molecular weight is 315 g/mol. The molecule has 5 heteroatoms. The minimum absolute atomic E-state index is 0.0282. The molecule has 0 aliphatic carbocycles. The zero-order chi connectivity index (χ0) is 15.7. The van der Waals surface area contributed by atoms with Gasteiger partial charge in [-0.1, -0.05) is 48.0 Å². The van der Waals surface area contributed by atoms with Gasteiger partial charge < -0.3 is 0 Å². The van der Waals surface area contributed by atoms with E-state index in [9.17, 15) is 13.2 Å². The summed E-state index contributed by atoms with van der Waals surface area (Å²) < 4.78 is 26.6. The van der Waals surface area contributed by atoms with Crippen LogP contribution < -0.4 is 0 Å². The number of hydrogen-bond donors (Lipinski definition) is 0. The Morgan fingerprint density at radius 1 is 1.05 bits per heavy atom. The van der Waals surface area contributed by atoms with Gasteiger partial charge in [0, 0.05) is 0 Å². The van der Waals surface area contributed by atoms with Gasteiger partial charge in [0.1, 0.15) is 0 Å². The monoisotopic (exact) mass is 315 g/mol. The molecular weight excluding hydrogens is 298 g/mol. The molecule has 0 N–H and O–H groups in total. The lowest BCUT2D eigenvalue weighted by Gasteiger charge is -2.38. The van der Waals surface area contributed by atoms with Crippen molar-refractivity contribution in [3.05, 3.63) is 65.7 Å². The normalized spacial score (nSPS) is 19.0. The maximum atomic E-state index is 12.6. The second kappa shape index (κ2) is 5.66. The summed E-state index contributed by atoms with van der Waals surface area (Å²) in [4.78, 5) is 12.1. The molecule has 22 heavy (non-hydrogen) atoms. The van der Waals surface area contributed by atoms with E-state index in [0.29, 0.717) is 6.42 Å². The highest BCUT2D eigenvalue weighted by atomic mass is 32.2. The van der Waals surface area contributed by atoms with Crippen LogP contribution in [0.3, 0.4) is 0 Å². The number of hydrogen-bond acceptors (Lipinski definition) is 3. The first-order chi connectivity index (χ1) is 10.5. The van der Waals surface area contributed by atoms with Crippen molar-refractivity contribution in [3.63, 3.8) is 0 Å². The fourth-order valence-corrected chi connectivity index (χ4v) is 4.14. The second-order valence-electron chi connectivity index (χ2n) is 5.54. The van der Waals surface area contributed by atoms with E-state index in [1.54, 1.807) is 24.3 Å². The Kier molecular flexibility index (Phi) is 3.85.